The number of nitrogens with zero attached hydrogens (tertiary/aromatic N) is 4. The van der Waals surface area contributed by atoms with Gasteiger partial charge >= 0.3 is 0 Å². The van der Waals surface area contributed by atoms with Gasteiger partial charge in [-0.25, -0.2) is 4.68 Å². The topological polar surface area (TPSA) is 97.3 Å². The van der Waals surface area contributed by atoms with E-state index in [2.05, 4.69) is 10.3 Å². The van der Waals surface area contributed by atoms with Gasteiger partial charge in [-0.1, -0.05) is 5.21 Å². The molecule has 0 bridgehead atoms. The van der Waals surface area contributed by atoms with Gasteiger partial charge < -0.3 is 15.7 Å². The molecule has 0 saturated carbocycles. The molecule has 16 heavy (non-hydrogen) atoms. The Morgan fingerprint density at radius 3 is 2.94 bits per heavy atom. The zero-order valence-corrected chi connectivity index (χ0v) is 9.50. The highest BCUT2D eigenvalue weighted by atomic mass is 16.3. The van der Waals surface area contributed by atoms with E-state index < -0.39 is 0 Å². The molecule has 0 aliphatic heterocycles. The van der Waals surface area contributed by atoms with Crippen LogP contribution in [0, 0.1) is 0 Å². The van der Waals surface area contributed by atoms with Crippen LogP contribution < -0.4 is 5.73 Å². The van der Waals surface area contributed by atoms with Crippen molar-refractivity contribution < 1.29 is 9.90 Å². The maximum absolute atomic E-state index is 11.7. The van der Waals surface area contributed by atoms with Crippen molar-refractivity contribution >= 4 is 5.91 Å². The second-order valence-corrected chi connectivity index (χ2v) is 3.65. The van der Waals surface area contributed by atoms with E-state index in [-0.39, 0.29) is 25.1 Å². The van der Waals surface area contributed by atoms with E-state index in [0.29, 0.717) is 12.2 Å². The normalized spacial score (nSPS) is 12.5. The summed E-state index contributed by atoms with van der Waals surface area (Å²) < 4.78 is 1.44. The van der Waals surface area contributed by atoms with Crippen LogP contribution in [0.1, 0.15) is 12.6 Å². The van der Waals surface area contributed by atoms with Gasteiger partial charge in [-0.15, -0.1) is 5.10 Å². The van der Waals surface area contributed by atoms with Crippen LogP contribution >= 0.6 is 0 Å². The number of nitrogens with two attached hydrogens (primary N) is 1. The van der Waals surface area contributed by atoms with E-state index in [9.17, 15) is 4.79 Å². The lowest BCUT2D eigenvalue weighted by molar-refractivity contribution is -0.133. The van der Waals surface area contributed by atoms with Crippen molar-refractivity contribution in [1.29, 1.82) is 0 Å². The molecule has 0 spiro atoms. The molecule has 7 nitrogen and oxygen atoms in total. The summed E-state index contributed by atoms with van der Waals surface area (Å²) in [4.78, 5) is 13.2. The minimum absolute atomic E-state index is 0.0619. The Morgan fingerprint density at radius 2 is 2.44 bits per heavy atom. The largest absolute Gasteiger partial charge is 0.394 e. The highest BCUT2D eigenvalue weighted by Gasteiger charge is 2.15. The van der Waals surface area contributed by atoms with Gasteiger partial charge in [0.2, 0.25) is 5.91 Å². The molecular weight excluding hydrogens is 210 g/mol. The molecule has 0 aromatic carbocycles. The summed E-state index contributed by atoms with van der Waals surface area (Å²) in [6.45, 7) is 2.11. The molecule has 0 saturated heterocycles. The van der Waals surface area contributed by atoms with Crippen molar-refractivity contribution in [3.05, 3.63) is 11.9 Å². The standard InChI is InChI=1S/C9H17N5O2/c1-7(6-15)13(2)9(16)5-14-4-8(3-10)11-12-14/h4,7,15H,3,5-6,10H2,1-2H3. The summed E-state index contributed by atoms with van der Waals surface area (Å²) >= 11 is 0. The van der Waals surface area contributed by atoms with Gasteiger partial charge in [0, 0.05) is 13.6 Å². The monoisotopic (exact) mass is 227 g/mol. The SMILES string of the molecule is CC(CO)N(C)C(=O)Cn1cc(CN)nn1. The van der Waals surface area contributed by atoms with Gasteiger partial charge in [0.1, 0.15) is 6.54 Å². The quantitative estimate of drug-likeness (QED) is 0.643. The molecule has 0 fully saturated rings. The van der Waals surface area contributed by atoms with Crippen molar-refractivity contribution in [2.75, 3.05) is 13.7 Å². The molecule has 1 atom stereocenters. The van der Waals surface area contributed by atoms with E-state index >= 15 is 0 Å². The fraction of sp³-hybridized carbons (Fsp3) is 0.667. The molecule has 1 heterocycles. The summed E-state index contributed by atoms with van der Waals surface area (Å²) in [5.74, 6) is -0.130. The van der Waals surface area contributed by atoms with E-state index in [1.165, 1.54) is 9.58 Å². The minimum atomic E-state index is -0.204. The molecule has 1 aromatic heterocycles. The molecule has 7 heteroatoms. The predicted molar refractivity (Wildman–Crippen MR) is 57.2 cm³/mol. The maximum Gasteiger partial charge on any atom is 0.244 e. The fourth-order valence-electron chi connectivity index (χ4n) is 1.13. The Kier molecular flexibility index (Phi) is 4.39. The van der Waals surface area contributed by atoms with Crippen molar-refractivity contribution in [3.63, 3.8) is 0 Å². The van der Waals surface area contributed by atoms with Gasteiger partial charge in [-0.3, -0.25) is 4.79 Å². The summed E-state index contributed by atoms with van der Waals surface area (Å²) in [7, 11) is 1.64. The Bertz CT molecular complexity index is 351. The summed E-state index contributed by atoms with van der Waals surface area (Å²) in [6, 6.07) is -0.204. The number of likely N-dealkylation sites (N-methyl/N-ethyl adjacent to an activating group) is 1. The lowest BCUT2D eigenvalue weighted by Crippen LogP contribution is -2.39. The van der Waals surface area contributed by atoms with E-state index in [0.717, 1.165) is 0 Å². The van der Waals surface area contributed by atoms with E-state index in [1.807, 2.05) is 0 Å². The van der Waals surface area contributed by atoms with Crippen LogP contribution in [-0.2, 0) is 17.9 Å². The average Bonchev–Trinajstić information content (AvgIpc) is 2.74. The number of aromatic nitrogens is 3. The van der Waals surface area contributed by atoms with Crippen LogP contribution in [0.5, 0.6) is 0 Å². The maximum atomic E-state index is 11.7. The molecule has 1 amide bonds. The second kappa shape index (κ2) is 5.57. The number of amides is 1. The lowest BCUT2D eigenvalue weighted by atomic mass is 10.3. The smallest absolute Gasteiger partial charge is 0.244 e. The molecule has 0 radical (unpaired) electrons. The Balaban J connectivity index is 2.57. The number of hydrogen-bond donors (Lipinski definition) is 2. The first-order chi connectivity index (χ1) is 7.58. The first kappa shape index (κ1) is 12.6. The number of carbonyl (C=O) groups is 1. The molecule has 90 valence electrons. The molecular formula is C9H17N5O2. The van der Waals surface area contributed by atoms with Crippen LogP contribution in [0.15, 0.2) is 6.20 Å². The molecule has 3 N–H and O–H groups in total. The summed E-state index contributed by atoms with van der Waals surface area (Å²) in [5, 5.41) is 16.5. The lowest BCUT2D eigenvalue weighted by Gasteiger charge is -2.22. The number of rotatable bonds is 5. The van der Waals surface area contributed by atoms with Crippen molar-refractivity contribution in [1.82, 2.24) is 19.9 Å². The van der Waals surface area contributed by atoms with Gasteiger partial charge in [-0.2, -0.15) is 0 Å². The average molecular weight is 227 g/mol. The Hall–Kier alpha value is -1.47. The molecule has 1 unspecified atom stereocenters. The highest BCUT2D eigenvalue weighted by molar-refractivity contribution is 5.75. The van der Waals surface area contributed by atoms with Crippen molar-refractivity contribution in [2.45, 2.75) is 26.1 Å². The van der Waals surface area contributed by atoms with E-state index in [4.69, 9.17) is 10.8 Å². The minimum Gasteiger partial charge on any atom is -0.394 e. The van der Waals surface area contributed by atoms with Crippen LogP contribution in [0.4, 0.5) is 0 Å². The zero-order chi connectivity index (χ0) is 12.1. The third kappa shape index (κ3) is 3.01. The number of carbonyl (C=O) groups excluding carboxylic acids is 1. The van der Waals surface area contributed by atoms with Crippen LogP contribution in [0.2, 0.25) is 0 Å². The van der Waals surface area contributed by atoms with Crippen molar-refractivity contribution in [2.24, 2.45) is 5.73 Å². The summed E-state index contributed by atoms with van der Waals surface area (Å²) in [5.41, 5.74) is 6.02. The Labute approximate surface area is 93.8 Å². The van der Waals surface area contributed by atoms with Gasteiger partial charge in [-0.05, 0) is 6.92 Å². The second-order valence-electron chi connectivity index (χ2n) is 3.65. The predicted octanol–water partition coefficient (Wildman–Crippen LogP) is -1.42. The molecule has 1 aromatic rings. The van der Waals surface area contributed by atoms with Gasteiger partial charge in [0.25, 0.3) is 0 Å². The molecule has 0 aliphatic rings. The van der Waals surface area contributed by atoms with Crippen LogP contribution in [0.25, 0.3) is 0 Å². The van der Waals surface area contributed by atoms with Gasteiger partial charge in [0.05, 0.1) is 24.5 Å². The first-order valence-electron chi connectivity index (χ1n) is 5.04. The fourth-order valence-corrected chi connectivity index (χ4v) is 1.13. The first-order valence-corrected chi connectivity index (χ1v) is 5.04. The highest BCUT2D eigenvalue weighted by Crippen LogP contribution is 1.98. The zero-order valence-electron chi connectivity index (χ0n) is 9.50. The van der Waals surface area contributed by atoms with Gasteiger partial charge in [0.15, 0.2) is 0 Å². The third-order valence-corrected chi connectivity index (χ3v) is 2.41. The molecule has 1 rings (SSSR count). The molecule has 0 aliphatic carbocycles. The summed E-state index contributed by atoms with van der Waals surface area (Å²) in [6.07, 6.45) is 1.63. The number of aliphatic hydroxyl groups excluding tert-OH is 1. The third-order valence-electron chi connectivity index (χ3n) is 2.41. The van der Waals surface area contributed by atoms with Crippen LogP contribution in [-0.4, -0.2) is 50.6 Å². The Morgan fingerprint density at radius 1 is 1.75 bits per heavy atom. The van der Waals surface area contributed by atoms with E-state index in [1.54, 1.807) is 20.2 Å². The number of hydrogen-bond acceptors (Lipinski definition) is 5. The van der Waals surface area contributed by atoms with Crippen molar-refractivity contribution in [3.8, 4) is 0 Å². The number of aliphatic hydroxyl groups is 1. The van der Waals surface area contributed by atoms with Crippen LogP contribution in [0.3, 0.4) is 0 Å².